The zero-order chi connectivity index (χ0) is 21.7. The highest BCUT2D eigenvalue weighted by Crippen LogP contribution is 2.32. The number of hydrogen-bond acceptors (Lipinski definition) is 1. The van der Waals surface area contributed by atoms with Gasteiger partial charge in [-0.3, -0.25) is 0 Å². The van der Waals surface area contributed by atoms with Crippen molar-refractivity contribution in [2.45, 2.75) is 39.0 Å². The molecule has 0 radical (unpaired) electrons. The van der Waals surface area contributed by atoms with Gasteiger partial charge in [-0.1, -0.05) is 99.7 Å². The third-order valence-electron chi connectivity index (χ3n) is 5.64. The molecule has 1 nitrogen and oxygen atoms in total. The molecule has 4 rings (SSSR count). The van der Waals surface area contributed by atoms with E-state index >= 15 is 0 Å². The summed E-state index contributed by atoms with van der Waals surface area (Å²) in [5, 5.41) is 0. The Morgan fingerprint density at radius 2 is 1.26 bits per heavy atom. The molecule has 0 amide bonds. The molecule has 0 atom stereocenters. The normalized spacial score (nSPS) is 14.0. The summed E-state index contributed by atoms with van der Waals surface area (Å²) in [6.07, 6.45) is 13.4. The molecule has 0 fully saturated rings. The first-order chi connectivity index (χ1) is 15.0. The molecule has 3 aromatic rings. The number of benzene rings is 3. The highest BCUT2D eigenvalue weighted by molar-refractivity contribution is 5.74. The van der Waals surface area contributed by atoms with Crippen LogP contribution in [0.15, 0.2) is 103 Å². The predicted molar refractivity (Wildman–Crippen MR) is 136 cm³/mol. The number of para-hydroxylation sites is 1. The first-order valence-electron chi connectivity index (χ1n) is 11.1. The highest BCUT2D eigenvalue weighted by atomic mass is 15.1. The lowest BCUT2D eigenvalue weighted by Crippen LogP contribution is -2.16. The van der Waals surface area contributed by atoms with E-state index in [2.05, 4.69) is 135 Å². The first-order valence-corrected chi connectivity index (χ1v) is 11.1. The summed E-state index contributed by atoms with van der Waals surface area (Å²) < 4.78 is 0. The molecular weight excluding hydrogens is 374 g/mol. The number of rotatable bonds is 5. The molecule has 0 heterocycles. The number of nitrogens with zero attached hydrogens (tertiary/aromatic N) is 1. The smallest absolute Gasteiger partial charge is 0.0461 e. The van der Waals surface area contributed by atoms with E-state index in [0.717, 1.165) is 12.8 Å². The summed E-state index contributed by atoms with van der Waals surface area (Å²) in [5.74, 6) is 0. The second-order valence-corrected chi connectivity index (χ2v) is 9.08. The molecule has 3 aromatic carbocycles. The van der Waals surface area contributed by atoms with Crippen LogP contribution in [0.25, 0.3) is 12.2 Å². The van der Waals surface area contributed by atoms with Crippen LogP contribution in [0, 0.1) is 0 Å². The van der Waals surface area contributed by atoms with Crippen molar-refractivity contribution in [1.82, 2.24) is 0 Å². The molecule has 0 N–H and O–H groups in total. The molecule has 0 spiro atoms. The van der Waals surface area contributed by atoms with Gasteiger partial charge in [-0.05, 0) is 65.3 Å². The van der Waals surface area contributed by atoms with Crippen LogP contribution in [0.4, 0.5) is 11.4 Å². The van der Waals surface area contributed by atoms with Crippen LogP contribution in [-0.4, -0.2) is 0 Å². The maximum absolute atomic E-state index is 2.33. The topological polar surface area (TPSA) is 3.24 Å². The van der Waals surface area contributed by atoms with Gasteiger partial charge < -0.3 is 4.90 Å². The molecule has 0 saturated carbocycles. The lowest BCUT2D eigenvalue weighted by molar-refractivity contribution is 0.590. The van der Waals surface area contributed by atoms with Crippen LogP contribution >= 0.6 is 0 Å². The minimum absolute atomic E-state index is 0.186. The molecule has 1 heteroatoms. The fraction of sp³-hybridized carbons (Fsp3) is 0.200. The van der Waals surface area contributed by atoms with Gasteiger partial charge in [0.05, 0.1) is 0 Å². The highest BCUT2D eigenvalue weighted by Gasteiger charge is 2.14. The summed E-state index contributed by atoms with van der Waals surface area (Å²) in [7, 11) is 0. The average Bonchev–Trinajstić information content (AvgIpc) is 2.80. The average molecular weight is 406 g/mol. The van der Waals surface area contributed by atoms with Gasteiger partial charge in [-0.2, -0.15) is 0 Å². The van der Waals surface area contributed by atoms with Crippen molar-refractivity contribution in [1.29, 1.82) is 0 Å². The largest absolute Gasteiger partial charge is 0.311 e. The van der Waals surface area contributed by atoms with E-state index in [4.69, 9.17) is 0 Å². The molecule has 156 valence electrons. The molecule has 0 aliphatic heterocycles. The van der Waals surface area contributed by atoms with Crippen molar-refractivity contribution >= 4 is 23.5 Å². The van der Waals surface area contributed by atoms with Gasteiger partial charge >= 0.3 is 0 Å². The quantitative estimate of drug-likeness (QED) is 0.384. The monoisotopic (exact) mass is 405 g/mol. The fourth-order valence-electron chi connectivity index (χ4n) is 3.81. The van der Waals surface area contributed by atoms with Crippen LogP contribution in [0.5, 0.6) is 0 Å². The lowest BCUT2D eigenvalue weighted by atomic mass is 9.87. The number of anilines is 2. The van der Waals surface area contributed by atoms with Gasteiger partial charge in [-0.25, -0.2) is 0 Å². The number of hydrogen-bond donors (Lipinski definition) is 0. The summed E-state index contributed by atoms with van der Waals surface area (Å²) in [6, 6.07) is 28.2. The van der Waals surface area contributed by atoms with Crippen LogP contribution in [0.3, 0.4) is 0 Å². The third-order valence-corrected chi connectivity index (χ3v) is 5.64. The second-order valence-electron chi connectivity index (χ2n) is 9.08. The van der Waals surface area contributed by atoms with Gasteiger partial charge in [0.25, 0.3) is 0 Å². The lowest BCUT2D eigenvalue weighted by Gasteiger charge is -2.27. The fourth-order valence-corrected chi connectivity index (χ4v) is 3.81. The van der Waals surface area contributed by atoms with E-state index in [-0.39, 0.29) is 5.41 Å². The van der Waals surface area contributed by atoms with E-state index in [9.17, 15) is 0 Å². The van der Waals surface area contributed by atoms with E-state index < -0.39 is 0 Å². The van der Waals surface area contributed by atoms with Crippen molar-refractivity contribution in [2.75, 3.05) is 4.90 Å². The van der Waals surface area contributed by atoms with E-state index in [0.29, 0.717) is 0 Å². The SMILES string of the molecule is CC(C)(C)c1ccc(C=Cc2ccc(N(C3=CCCC=C3)c3ccccc3)cc2)cc1. The Bertz CT molecular complexity index is 1080. The van der Waals surface area contributed by atoms with Crippen LogP contribution in [0.2, 0.25) is 0 Å². The van der Waals surface area contributed by atoms with Crippen LogP contribution < -0.4 is 4.90 Å². The Morgan fingerprint density at radius 1 is 0.677 bits per heavy atom. The summed E-state index contributed by atoms with van der Waals surface area (Å²) >= 11 is 0. The maximum Gasteiger partial charge on any atom is 0.0461 e. The molecule has 0 saturated heterocycles. The summed E-state index contributed by atoms with van der Waals surface area (Å²) in [6.45, 7) is 6.74. The summed E-state index contributed by atoms with van der Waals surface area (Å²) in [5.41, 5.74) is 7.57. The zero-order valence-electron chi connectivity index (χ0n) is 18.8. The van der Waals surface area contributed by atoms with E-state index in [1.54, 1.807) is 0 Å². The molecule has 31 heavy (non-hydrogen) atoms. The molecular formula is C30H31N. The van der Waals surface area contributed by atoms with Gasteiger partial charge in [0, 0.05) is 17.1 Å². The van der Waals surface area contributed by atoms with E-state index in [1.165, 1.54) is 33.8 Å². The second kappa shape index (κ2) is 9.22. The number of allylic oxidation sites excluding steroid dienone is 3. The minimum atomic E-state index is 0.186. The molecule has 0 aromatic heterocycles. The standard InChI is InChI=1S/C30H31N/c1-30(2,3)26-20-16-24(17-21-26)14-15-25-18-22-29(23-19-25)31(27-10-6-4-7-11-27)28-12-8-5-9-13-28/h4,6-8,10-23H,5,9H2,1-3H3. The maximum atomic E-state index is 2.33. The van der Waals surface area contributed by atoms with Crippen molar-refractivity contribution < 1.29 is 0 Å². The third kappa shape index (κ3) is 5.24. The molecule has 1 aliphatic rings. The van der Waals surface area contributed by atoms with Crippen LogP contribution in [0.1, 0.15) is 50.3 Å². The van der Waals surface area contributed by atoms with Crippen molar-refractivity contribution in [3.8, 4) is 0 Å². The summed E-state index contributed by atoms with van der Waals surface area (Å²) in [4.78, 5) is 2.33. The Morgan fingerprint density at radius 3 is 1.81 bits per heavy atom. The van der Waals surface area contributed by atoms with Gasteiger partial charge in [0.1, 0.15) is 0 Å². The van der Waals surface area contributed by atoms with Crippen LogP contribution in [-0.2, 0) is 5.41 Å². The van der Waals surface area contributed by atoms with E-state index in [1.807, 2.05) is 0 Å². The van der Waals surface area contributed by atoms with Gasteiger partial charge in [0.15, 0.2) is 0 Å². The molecule has 1 aliphatic carbocycles. The zero-order valence-corrected chi connectivity index (χ0v) is 18.8. The minimum Gasteiger partial charge on any atom is -0.311 e. The van der Waals surface area contributed by atoms with Gasteiger partial charge in [0.2, 0.25) is 0 Å². The van der Waals surface area contributed by atoms with Crippen molar-refractivity contribution in [3.05, 3.63) is 119 Å². The molecule has 0 bridgehead atoms. The predicted octanol–water partition coefficient (Wildman–Crippen LogP) is 8.53. The van der Waals surface area contributed by atoms with Crippen molar-refractivity contribution in [3.63, 3.8) is 0 Å². The Labute approximate surface area is 187 Å². The Balaban J connectivity index is 1.55. The first kappa shape index (κ1) is 20.9. The Kier molecular flexibility index (Phi) is 6.23. The Hall–Kier alpha value is -3.32. The van der Waals surface area contributed by atoms with Crippen molar-refractivity contribution in [2.24, 2.45) is 0 Å². The molecule has 0 unspecified atom stereocenters. The van der Waals surface area contributed by atoms with Gasteiger partial charge in [-0.15, -0.1) is 0 Å².